The number of halogens is 3. The third-order valence-corrected chi connectivity index (χ3v) is 2.22. The Morgan fingerprint density at radius 2 is 1.80 bits per heavy atom. The first-order chi connectivity index (χ1) is 6.99. The summed E-state index contributed by atoms with van der Waals surface area (Å²) in [7, 11) is 0. The van der Waals surface area contributed by atoms with Crippen LogP contribution in [-0.4, -0.2) is 6.18 Å². The number of benzene rings is 1. The lowest BCUT2D eigenvalue weighted by Gasteiger charge is -2.19. The molecule has 0 saturated carbocycles. The van der Waals surface area contributed by atoms with Crippen LogP contribution in [0.5, 0.6) is 0 Å². The van der Waals surface area contributed by atoms with Crippen molar-refractivity contribution in [2.75, 3.05) is 0 Å². The van der Waals surface area contributed by atoms with Crippen LogP contribution < -0.4 is 11.3 Å². The number of rotatable bonds is 3. The molecule has 0 aliphatic carbocycles. The topological polar surface area (TPSA) is 38.0 Å². The molecule has 2 nitrogen and oxygen atoms in total. The molecule has 0 bridgehead atoms. The number of alkyl halides is 3. The molecule has 0 amide bonds. The molecule has 0 unspecified atom stereocenters. The summed E-state index contributed by atoms with van der Waals surface area (Å²) in [4.78, 5) is 0. The van der Waals surface area contributed by atoms with Gasteiger partial charge in [0.05, 0.1) is 0 Å². The summed E-state index contributed by atoms with van der Waals surface area (Å²) in [6, 6.07) is 4.42. The van der Waals surface area contributed by atoms with E-state index in [1.54, 1.807) is 17.6 Å². The van der Waals surface area contributed by atoms with Gasteiger partial charge in [0, 0.05) is 0 Å². The Balaban J connectivity index is 2.93. The smallest absolute Gasteiger partial charge is 0.271 e. The summed E-state index contributed by atoms with van der Waals surface area (Å²) in [6.07, 6.45) is -3.57. The second kappa shape index (κ2) is 4.63. The maximum Gasteiger partial charge on any atom is 0.409 e. The largest absolute Gasteiger partial charge is 0.409 e. The Hall–Kier alpha value is -1.07. The van der Waals surface area contributed by atoms with Gasteiger partial charge in [-0.05, 0) is 17.5 Å². The molecule has 0 radical (unpaired) electrons. The number of hydrogen-bond donors (Lipinski definition) is 2. The first kappa shape index (κ1) is 12.0. The van der Waals surface area contributed by atoms with E-state index in [0.717, 1.165) is 12.0 Å². The van der Waals surface area contributed by atoms with Crippen molar-refractivity contribution < 1.29 is 13.2 Å². The minimum atomic E-state index is -4.37. The summed E-state index contributed by atoms with van der Waals surface area (Å²) in [6.45, 7) is 1.94. The van der Waals surface area contributed by atoms with Crippen molar-refractivity contribution in [1.82, 2.24) is 5.43 Å². The van der Waals surface area contributed by atoms with Crippen LogP contribution >= 0.6 is 0 Å². The minimum Gasteiger partial charge on any atom is -0.271 e. The molecule has 0 aromatic heterocycles. The normalized spacial score (nSPS) is 13.9. The predicted octanol–water partition coefficient (Wildman–Crippen LogP) is 2.32. The van der Waals surface area contributed by atoms with Crippen LogP contribution in [-0.2, 0) is 6.42 Å². The van der Waals surface area contributed by atoms with Gasteiger partial charge < -0.3 is 0 Å². The van der Waals surface area contributed by atoms with E-state index in [1.165, 1.54) is 12.1 Å². The summed E-state index contributed by atoms with van der Waals surface area (Å²) in [5.41, 5.74) is 2.89. The van der Waals surface area contributed by atoms with Gasteiger partial charge in [-0.1, -0.05) is 31.2 Å². The maximum atomic E-state index is 12.4. The van der Waals surface area contributed by atoms with E-state index in [1.807, 2.05) is 6.92 Å². The van der Waals surface area contributed by atoms with Crippen LogP contribution in [0.3, 0.4) is 0 Å². The average Bonchev–Trinajstić information content (AvgIpc) is 2.18. The van der Waals surface area contributed by atoms with E-state index in [0.29, 0.717) is 0 Å². The first-order valence-corrected chi connectivity index (χ1v) is 4.60. The van der Waals surface area contributed by atoms with Gasteiger partial charge in [0.1, 0.15) is 6.04 Å². The molecule has 0 saturated heterocycles. The maximum absolute atomic E-state index is 12.4. The van der Waals surface area contributed by atoms with Gasteiger partial charge in [-0.25, -0.2) is 5.43 Å². The number of hydrogen-bond acceptors (Lipinski definition) is 2. The minimum absolute atomic E-state index is 0.127. The Bertz CT molecular complexity index is 305. The van der Waals surface area contributed by atoms with Crippen LogP contribution in [0.15, 0.2) is 24.3 Å². The van der Waals surface area contributed by atoms with Gasteiger partial charge in [-0.2, -0.15) is 13.2 Å². The van der Waals surface area contributed by atoms with Gasteiger partial charge in [0.15, 0.2) is 0 Å². The van der Waals surface area contributed by atoms with Gasteiger partial charge in [0.25, 0.3) is 0 Å². The summed E-state index contributed by atoms with van der Waals surface area (Å²) in [5, 5.41) is 0. The molecule has 1 aromatic rings. The van der Waals surface area contributed by atoms with Crippen molar-refractivity contribution in [2.24, 2.45) is 5.84 Å². The Morgan fingerprint density at radius 3 is 2.13 bits per heavy atom. The molecule has 0 aliphatic heterocycles. The lowest BCUT2D eigenvalue weighted by Crippen LogP contribution is -2.38. The Morgan fingerprint density at radius 1 is 1.27 bits per heavy atom. The molecule has 1 atom stereocenters. The molecule has 0 spiro atoms. The van der Waals surface area contributed by atoms with Gasteiger partial charge in [0.2, 0.25) is 0 Å². The predicted molar refractivity (Wildman–Crippen MR) is 51.9 cm³/mol. The summed E-state index contributed by atoms with van der Waals surface area (Å²) < 4.78 is 37.3. The highest BCUT2D eigenvalue weighted by atomic mass is 19.4. The summed E-state index contributed by atoms with van der Waals surface area (Å²) >= 11 is 0. The number of nitrogens with two attached hydrogens (primary N) is 1. The van der Waals surface area contributed by atoms with Gasteiger partial charge >= 0.3 is 6.18 Å². The molecular weight excluding hydrogens is 205 g/mol. The molecule has 3 N–H and O–H groups in total. The van der Waals surface area contributed by atoms with Crippen LogP contribution in [0, 0.1) is 0 Å². The monoisotopic (exact) mass is 218 g/mol. The van der Waals surface area contributed by atoms with E-state index in [2.05, 4.69) is 0 Å². The zero-order valence-corrected chi connectivity index (χ0v) is 8.31. The Kier molecular flexibility index (Phi) is 3.71. The summed E-state index contributed by atoms with van der Waals surface area (Å²) in [5.74, 6) is 4.89. The average molecular weight is 218 g/mol. The van der Waals surface area contributed by atoms with E-state index >= 15 is 0 Å². The van der Waals surface area contributed by atoms with E-state index in [9.17, 15) is 13.2 Å². The number of hydrazine groups is 1. The zero-order chi connectivity index (χ0) is 11.5. The van der Waals surface area contributed by atoms with Crippen molar-refractivity contribution in [1.29, 1.82) is 0 Å². The van der Waals surface area contributed by atoms with Crippen LogP contribution in [0.2, 0.25) is 0 Å². The van der Waals surface area contributed by atoms with Crippen molar-refractivity contribution in [3.05, 3.63) is 35.4 Å². The third-order valence-electron chi connectivity index (χ3n) is 2.22. The Labute approximate surface area is 86.2 Å². The lowest BCUT2D eigenvalue weighted by atomic mass is 10.0. The second-order valence-corrected chi connectivity index (χ2v) is 3.24. The molecule has 1 aromatic carbocycles. The highest BCUT2D eigenvalue weighted by molar-refractivity contribution is 5.25. The molecule has 84 valence electrons. The van der Waals surface area contributed by atoms with Gasteiger partial charge in [-0.3, -0.25) is 5.84 Å². The molecule has 0 fully saturated rings. The third kappa shape index (κ3) is 2.94. The van der Waals surface area contributed by atoms with Crippen LogP contribution in [0.25, 0.3) is 0 Å². The molecule has 1 rings (SSSR count). The fourth-order valence-electron chi connectivity index (χ4n) is 1.33. The molecule has 0 aliphatic rings. The molecular formula is C10H13F3N2. The number of aryl methyl sites for hydroxylation is 1. The molecule has 15 heavy (non-hydrogen) atoms. The van der Waals surface area contributed by atoms with Crippen molar-refractivity contribution in [2.45, 2.75) is 25.6 Å². The first-order valence-electron chi connectivity index (χ1n) is 4.60. The van der Waals surface area contributed by atoms with E-state index in [-0.39, 0.29) is 5.56 Å². The highest BCUT2D eigenvalue weighted by Crippen LogP contribution is 2.31. The number of nitrogens with one attached hydrogen (secondary N) is 1. The van der Waals surface area contributed by atoms with Crippen molar-refractivity contribution in [3.63, 3.8) is 0 Å². The quantitative estimate of drug-likeness (QED) is 0.603. The standard InChI is InChI=1S/C10H13F3N2/c1-2-7-3-5-8(6-4-7)9(15-14)10(11,12)13/h3-6,9,15H,2,14H2,1H3/t9-/m0/s1. The van der Waals surface area contributed by atoms with Gasteiger partial charge in [-0.15, -0.1) is 0 Å². The zero-order valence-electron chi connectivity index (χ0n) is 8.31. The fraction of sp³-hybridized carbons (Fsp3) is 0.400. The molecule has 0 heterocycles. The van der Waals surface area contributed by atoms with Crippen molar-refractivity contribution >= 4 is 0 Å². The van der Waals surface area contributed by atoms with Crippen LogP contribution in [0.4, 0.5) is 13.2 Å². The molecule has 5 heteroatoms. The van der Waals surface area contributed by atoms with Crippen molar-refractivity contribution in [3.8, 4) is 0 Å². The van der Waals surface area contributed by atoms with E-state index in [4.69, 9.17) is 5.84 Å². The van der Waals surface area contributed by atoms with E-state index < -0.39 is 12.2 Å². The second-order valence-electron chi connectivity index (χ2n) is 3.24. The fourth-order valence-corrected chi connectivity index (χ4v) is 1.33. The van der Waals surface area contributed by atoms with Crippen LogP contribution in [0.1, 0.15) is 24.1 Å². The SMILES string of the molecule is CCc1ccc([C@H](NN)C(F)(F)F)cc1. The lowest BCUT2D eigenvalue weighted by molar-refractivity contribution is -0.157. The highest BCUT2D eigenvalue weighted by Gasteiger charge is 2.39.